The van der Waals surface area contributed by atoms with Gasteiger partial charge in [0.25, 0.3) is 0 Å². The normalized spacial score (nSPS) is 30.6. The minimum atomic E-state index is 0.304. The van der Waals surface area contributed by atoms with E-state index in [-0.39, 0.29) is 0 Å². The first-order chi connectivity index (χ1) is 9.22. The maximum Gasteiger partial charge on any atom is 0.0331 e. The van der Waals surface area contributed by atoms with E-state index in [0.29, 0.717) is 5.54 Å². The van der Waals surface area contributed by atoms with Crippen LogP contribution >= 0.6 is 0 Å². The summed E-state index contributed by atoms with van der Waals surface area (Å²) < 4.78 is 0. The summed E-state index contributed by atoms with van der Waals surface area (Å²) in [4.78, 5) is 5.40. The van der Waals surface area contributed by atoms with E-state index in [4.69, 9.17) is 5.73 Å². The zero-order valence-electron chi connectivity index (χ0n) is 12.6. The number of hydrogen-bond donors (Lipinski definition) is 1. The summed E-state index contributed by atoms with van der Waals surface area (Å²) in [6.07, 6.45) is 8.43. The molecule has 3 rings (SSSR count). The summed E-state index contributed by atoms with van der Waals surface area (Å²) in [6, 6.07) is 0. The summed E-state index contributed by atoms with van der Waals surface area (Å²) >= 11 is 0. The Morgan fingerprint density at radius 1 is 1.00 bits per heavy atom. The summed E-state index contributed by atoms with van der Waals surface area (Å²) in [5.41, 5.74) is 6.40. The van der Waals surface area contributed by atoms with Gasteiger partial charge >= 0.3 is 0 Å². The van der Waals surface area contributed by atoms with Crippen molar-refractivity contribution < 1.29 is 0 Å². The van der Waals surface area contributed by atoms with Crippen molar-refractivity contribution in [1.82, 2.24) is 9.80 Å². The fourth-order valence-corrected chi connectivity index (χ4v) is 4.22. The molecule has 1 saturated carbocycles. The second kappa shape index (κ2) is 5.71. The molecule has 2 N–H and O–H groups in total. The summed E-state index contributed by atoms with van der Waals surface area (Å²) in [6.45, 7) is 9.87. The lowest BCUT2D eigenvalue weighted by molar-refractivity contribution is 0.0450. The molecule has 1 aliphatic carbocycles. The van der Waals surface area contributed by atoms with Gasteiger partial charge in [0.1, 0.15) is 0 Å². The van der Waals surface area contributed by atoms with Crippen molar-refractivity contribution in [2.45, 2.75) is 51.0 Å². The molecule has 3 aliphatic rings. The largest absolute Gasteiger partial charge is 0.329 e. The Bertz CT molecular complexity index is 288. The number of likely N-dealkylation sites (tertiary alicyclic amines) is 2. The molecule has 0 amide bonds. The first kappa shape index (κ1) is 13.8. The average Bonchev–Trinajstić information content (AvgIpc) is 3.19. The molecule has 19 heavy (non-hydrogen) atoms. The highest BCUT2D eigenvalue weighted by Gasteiger charge is 2.45. The molecule has 3 heteroatoms. The Morgan fingerprint density at radius 2 is 1.63 bits per heavy atom. The molecule has 0 aromatic heterocycles. The highest BCUT2D eigenvalue weighted by molar-refractivity contribution is 5.01. The van der Waals surface area contributed by atoms with Gasteiger partial charge in [0, 0.05) is 18.6 Å². The van der Waals surface area contributed by atoms with E-state index in [1.807, 2.05) is 0 Å². The van der Waals surface area contributed by atoms with E-state index in [1.54, 1.807) is 0 Å². The van der Waals surface area contributed by atoms with Gasteiger partial charge in [-0.15, -0.1) is 0 Å². The van der Waals surface area contributed by atoms with Crippen LogP contribution in [0.25, 0.3) is 0 Å². The standard InChI is InChI=1S/C16H31N3/c1-16(13-17,15-4-5-15)19-10-6-14(7-11-19)12-18-8-2-3-9-18/h14-15H,2-13,17H2,1H3. The number of piperidine rings is 1. The zero-order chi connectivity index (χ0) is 13.3. The van der Waals surface area contributed by atoms with Crippen LogP contribution in [-0.2, 0) is 0 Å². The minimum absolute atomic E-state index is 0.304. The van der Waals surface area contributed by atoms with E-state index < -0.39 is 0 Å². The number of rotatable bonds is 5. The van der Waals surface area contributed by atoms with Crippen molar-refractivity contribution in [1.29, 1.82) is 0 Å². The van der Waals surface area contributed by atoms with Crippen molar-refractivity contribution in [3.05, 3.63) is 0 Å². The Labute approximate surface area is 118 Å². The quantitative estimate of drug-likeness (QED) is 0.824. The number of nitrogens with two attached hydrogens (primary N) is 1. The van der Waals surface area contributed by atoms with Gasteiger partial charge < -0.3 is 10.6 Å². The van der Waals surface area contributed by atoms with Gasteiger partial charge in [-0.1, -0.05) is 0 Å². The predicted octanol–water partition coefficient (Wildman–Crippen LogP) is 1.92. The van der Waals surface area contributed by atoms with Gasteiger partial charge in [-0.2, -0.15) is 0 Å². The predicted molar refractivity (Wildman–Crippen MR) is 80.2 cm³/mol. The summed E-state index contributed by atoms with van der Waals surface area (Å²) in [5, 5.41) is 0. The van der Waals surface area contributed by atoms with Crippen molar-refractivity contribution in [3.8, 4) is 0 Å². The van der Waals surface area contributed by atoms with Crippen LogP contribution in [0.3, 0.4) is 0 Å². The van der Waals surface area contributed by atoms with E-state index in [9.17, 15) is 0 Å². The van der Waals surface area contributed by atoms with Crippen molar-refractivity contribution in [2.24, 2.45) is 17.6 Å². The third-order valence-corrected chi connectivity index (χ3v) is 5.92. The molecular weight excluding hydrogens is 234 g/mol. The van der Waals surface area contributed by atoms with Gasteiger partial charge in [0.2, 0.25) is 0 Å². The minimum Gasteiger partial charge on any atom is -0.329 e. The maximum absolute atomic E-state index is 6.10. The van der Waals surface area contributed by atoms with E-state index in [2.05, 4.69) is 16.7 Å². The summed E-state index contributed by atoms with van der Waals surface area (Å²) in [5.74, 6) is 1.82. The van der Waals surface area contributed by atoms with Crippen LogP contribution in [-0.4, -0.2) is 54.6 Å². The van der Waals surface area contributed by atoms with Crippen LogP contribution in [0.15, 0.2) is 0 Å². The van der Waals surface area contributed by atoms with E-state index >= 15 is 0 Å². The molecule has 3 nitrogen and oxygen atoms in total. The Morgan fingerprint density at radius 3 is 2.16 bits per heavy atom. The van der Waals surface area contributed by atoms with Crippen LogP contribution < -0.4 is 5.73 Å². The molecule has 2 heterocycles. The second-order valence-electron chi connectivity index (χ2n) is 7.27. The van der Waals surface area contributed by atoms with Crippen LogP contribution in [0, 0.1) is 11.8 Å². The molecule has 3 fully saturated rings. The van der Waals surface area contributed by atoms with Crippen LogP contribution in [0.2, 0.25) is 0 Å². The molecule has 0 bridgehead atoms. The SMILES string of the molecule is CC(CN)(C1CC1)N1CCC(CN2CCCC2)CC1. The molecule has 1 unspecified atom stereocenters. The van der Waals surface area contributed by atoms with Gasteiger partial charge in [0.05, 0.1) is 0 Å². The first-order valence-electron chi connectivity index (χ1n) is 8.40. The molecule has 0 aromatic carbocycles. The van der Waals surface area contributed by atoms with E-state index in [0.717, 1.165) is 18.4 Å². The number of nitrogens with zero attached hydrogens (tertiary/aromatic N) is 2. The molecule has 0 radical (unpaired) electrons. The Hall–Kier alpha value is -0.120. The van der Waals surface area contributed by atoms with Gasteiger partial charge in [-0.05, 0) is 83.5 Å². The second-order valence-corrected chi connectivity index (χ2v) is 7.27. The highest BCUT2D eigenvalue weighted by Crippen LogP contribution is 2.43. The van der Waals surface area contributed by atoms with Crippen LogP contribution in [0.1, 0.15) is 45.4 Å². The lowest BCUT2D eigenvalue weighted by Gasteiger charge is -2.45. The van der Waals surface area contributed by atoms with Crippen molar-refractivity contribution >= 4 is 0 Å². The molecule has 1 atom stereocenters. The Kier molecular flexibility index (Phi) is 4.16. The monoisotopic (exact) mass is 265 g/mol. The Balaban J connectivity index is 1.48. The first-order valence-corrected chi connectivity index (χ1v) is 8.40. The molecule has 0 spiro atoms. The molecule has 110 valence electrons. The topological polar surface area (TPSA) is 32.5 Å². The third-order valence-electron chi connectivity index (χ3n) is 5.92. The average molecular weight is 265 g/mol. The molecular formula is C16H31N3. The lowest BCUT2D eigenvalue weighted by Crippen LogP contribution is -2.56. The fourth-order valence-electron chi connectivity index (χ4n) is 4.22. The third kappa shape index (κ3) is 2.98. The van der Waals surface area contributed by atoms with Crippen molar-refractivity contribution in [3.63, 3.8) is 0 Å². The molecule has 2 saturated heterocycles. The zero-order valence-corrected chi connectivity index (χ0v) is 12.6. The van der Waals surface area contributed by atoms with E-state index in [1.165, 1.54) is 71.2 Å². The van der Waals surface area contributed by atoms with Crippen LogP contribution in [0.4, 0.5) is 0 Å². The highest BCUT2D eigenvalue weighted by atomic mass is 15.2. The smallest absolute Gasteiger partial charge is 0.0331 e. The fraction of sp³-hybridized carbons (Fsp3) is 1.00. The number of hydrogen-bond acceptors (Lipinski definition) is 3. The molecule has 0 aromatic rings. The van der Waals surface area contributed by atoms with Gasteiger partial charge in [-0.3, -0.25) is 4.90 Å². The van der Waals surface area contributed by atoms with Crippen molar-refractivity contribution in [2.75, 3.05) is 39.3 Å². The van der Waals surface area contributed by atoms with Gasteiger partial charge in [0.15, 0.2) is 0 Å². The lowest BCUT2D eigenvalue weighted by atomic mass is 9.88. The molecule has 2 aliphatic heterocycles. The summed E-state index contributed by atoms with van der Waals surface area (Å²) in [7, 11) is 0. The maximum atomic E-state index is 6.10. The van der Waals surface area contributed by atoms with Crippen LogP contribution in [0.5, 0.6) is 0 Å². The van der Waals surface area contributed by atoms with Gasteiger partial charge in [-0.25, -0.2) is 0 Å².